The Balaban J connectivity index is 2.15. The molecule has 0 radical (unpaired) electrons. The maximum Gasteiger partial charge on any atom is 0.188 e. The minimum Gasteiger partial charge on any atom is -0.409 e. The molecule has 1 aromatic carbocycles. The third-order valence-electron chi connectivity index (χ3n) is 2.94. The molecule has 2 aromatic rings. The number of anilines is 1. The summed E-state index contributed by atoms with van der Waals surface area (Å²) in [5, 5.41) is 14.7. The molecular weight excluding hydrogens is 339 g/mol. The molecule has 5 nitrogen and oxygen atoms in total. The summed E-state index contributed by atoms with van der Waals surface area (Å²) in [4.78, 5) is 4.00. The van der Waals surface area contributed by atoms with E-state index in [1.165, 1.54) is 6.07 Å². The van der Waals surface area contributed by atoms with Crippen molar-refractivity contribution >= 4 is 27.5 Å². The van der Waals surface area contributed by atoms with Crippen LogP contribution in [-0.4, -0.2) is 16.0 Å². The van der Waals surface area contributed by atoms with Crippen LogP contribution in [0.3, 0.4) is 0 Å². The highest BCUT2D eigenvalue weighted by molar-refractivity contribution is 9.10. The van der Waals surface area contributed by atoms with E-state index in [1.54, 1.807) is 24.4 Å². The fourth-order valence-corrected chi connectivity index (χ4v) is 2.27. The van der Waals surface area contributed by atoms with Crippen molar-refractivity contribution in [3.63, 3.8) is 0 Å². The van der Waals surface area contributed by atoms with Crippen LogP contribution < -0.4 is 11.1 Å². The molecular formula is C14H14BrFN4O. The van der Waals surface area contributed by atoms with E-state index in [1.807, 2.05) is 6.92 Å². The molecule has 0 aliphatic rings. The normalized spacial score (nSPS) is 11.5. The van der Waals surface area contributed by atoms with E-state index in [4.69, 9.17) is 10.9 Å². The van der Waals surface area contributed by atoms with Crippen LogP contribution in [0.4, 0.5) is 10.1 Å². The van der Waals surface area contributed by atoms with E-state index in [-0.39, 0.29) is 11.7 Å². The fraction of sp³-hybridized carbons (Fsp3) is 0.143. The van der Waals surface area contributed by atoms with Gasteiger partial charge in [-0.2, -0.15) is 0 Å². The van der Waals surface area contributed by atoms with Gasteiger partial charge in [0.05, 0.1) is 4.47 Å². The van der Waals surface area contributed by atoms with Gasteiger partial charge in [-0.05, 0) is 58.2 Å². The standard InChI is InChI=1S/C14H14BrFN4O/c1-8-4-10(15)11(16)6-12(8)19-7-9-2-3-18-13(5-9)14(17)20-21/h2-6,19,21H,7H2,1H3,(H2,17,20). The summed E-state index contributed by atoms with van der Waals surface area (Å²) in [5.41, 5.74) is 8.39. The third-order valence-corrected chi connectivity index (χ3v) is 3.55. The summed E-state index contributed by atoms with van der Waals surface area (Å²) < 4.78 is 14.0. The van der Waals surface area contributed by atoms with Gasteiger partial charge in [-0.25, -0.2) is 4.39 Å². The largest absolute Gasteiger partial charge is 0.409 e. The molecule has 0 aliphatic carbocycles. The summed E-state index contributed by atoms with van der Waals surface area (Å²) in [7, 11) is 0. The SMILES string of the molecule is Cc1cc(Br)c(F)cc1NCc1ccnc(/C(N)=N/O)c1. The van der Waals surface area contributed by atoms with Gasteiger partial charge in [-0.1, -0.05) is 5.16 Å². The smallest absolute Gasteiger partial charge is 0.188 e. The second kappa shape index (κ2) is 6.53. The molecule has 0 bridgehead atoms. The lowest BCUT2D eigenvalue weighted by Gasteiger charge is -2.11. The molecule has 4 N–H and O–H groups in total. The summed E-state index contributed by atoms with van der Waals surface area (Å²) in [6.45, 7) is 2.36. The van der Waals surface area contributed by atoms with Crippen LogP contribution in [0.15, 0.2) is 40.1 Å². The number of hydrogen-bond acceptors (Lipinski definition) is 4. The molecule has 1 aromatic heterocycles. The van der Waals surface area contributed by atoms with Gasteiger partial charge in [0.25, 0.3) is 0 Å². The molecule has 0 saturated heterocycles. The van der Waals surface area contributed by atoms with Crippen molar-refractivity contribution in [2.75, 3.05) is 5.32 Å². The zero-order chi connectivity index (χ0) is 15.4. The number of nitrogens with two attached hydrogens (primary N) is 1. The number of aryl methyl sites for hydroxylation is 1. The maximum absolute atomic E-state index is 13.5. The van der Waals surface area contributed by atoms with Crippen molar-refractivity contribution in [3.8, 4) is 0 Å². The molecule has 110 valence electrons. The molecule has 21 heavy (non-hydrogen) atoms. The average Bonchev–Trinajstić information content (AvgIpc) is 2.49. The quantitative estimate of drug-likeness (QED) is 0.342. The number of aromatic nitrogens is 1. The van der Waals surface area contributed by atoms with Gasteiger partial charge in [0.15, 0.2) is 5.84 Å². The molecule has 0 atom stereocenters. The van der Waals surface area contributed by atoms with Crippen molar-refractivity contribution in [2.24, 2.45) is 10.9 Å². The molecule has 7 heteroatoms. The molecule has 0 fully saturated rings. The van der Waals surface area contributed by atoms with Crippen LogP contribution in [0.25, 0.3) is 0 Å². The Morgan fingerprint density at radius 3 is 2.95 bits per heavy atom. The van der Waals surface area contributed by atoms with E-state index in [0.717, 1.165) is 11.1 Å². The van der Waals surface area contributed by atoms with E-state index in [2.05, 4.69) is 31.4 Å². The highest BCUT2D eigenvalue weighted by Crippen LogP contribution is 2.24. The van der Waals surface area contributed by atoms with Crippen molar-refractivity contribution in [2.45, 2.75) is 13.5 Å². The van der Waals surface area contributed by atoms with Gasteiger partial charge in [0, 0.05) is 18.4 Å². The highest BCUT2D eigenvalue weighted by atomic mass is 79.9. The van der Waals surface area contributed by atoms with E-state index >= 15 is 0 Å². The predicted octanol–water partition coefficient (Wildman–Crippen LogP) is 3.00. The van der Waals surface area contributed by atoms with Gasteiger partial charge in [-0.3, -0.25) is 4.98 Å². The Hall–Kier alpha value is -2.15. The molecule has 0 saturated carbocycles. The summed E-state index contributed by atoms with van der Waals surface area (Å²) in [6, 6.07) is 6.65. The molecule has 2 rings (SSSR count). The summed E-state index contributed by atoms with van der Waals surface area (Å²) in [5.74, 6) is -0.377. The van der Waals surface area contributed by atoms with Crippen molar-refractivity contribution in [1.82, 2.24) is 4.98 Å². The molecule has 0 unspecified atom stereocenters. The van der Waals surface area contributed by atoms with Crippen LogP contribution in [0, 0.1) is 12.7 Å². The summed E-state index contributed by atoms with van der Waals surface area (Å²) in [6.07, 6.45) is 1.57. The molecule has 0 spiro atoms. The first-order valence-corrected chi connectivity index (χ1v) is 6.93. The predicted molar refractivity (Wildman–Crippen MR) is 82.9 cm³/mol. The van der Waals surface area contributed by atoms with E-state index in [9.17, 15) is 4.39 Å². The number of hydrogen-bond donors (Lipinski definition) is 3. The third kappa shape index (κ3) is 3.69. The number of oxime groups is 1. The van der Waals surface area contributed by atoms with E-state index in [0.29, 0.717) is 22.4 Å². The zero-order valence-corrected chi connectivity index (χ0v) is 12.9. The first kappa shape index (κ1) is 15.2. The van der Waals surface area contributed by atoms with Gasteiger partial charge in [-0.15, -0.1) is 0 Å². The number of halogens is 2. The number of rotatable bonds is 4. The van der Waals surface area contributed by atoms with Crippen LogP contribution in [-0.2, 0) is 6.54 Å². The Kier molecular flexibility index (Phi) is 4.74. The Bertz CT molecular complexity index is 691. The second-order valence-electron chi connectivity index (χ2n) is 4.47. The number of amidine groups is 1. The topological polar surface area (TPSA) is 83.5 Å². The first-order chi connectivity index (χ1) is 10.0. The maximum atomic E-state index is 13.5. The van der Waals surface area contributed by atoms with Crippen LogP contribution >= 0.6 is 15.9 Å². The zero-order valence-electron chi connectivity index (χ0n) is 11.3. The Morgan fingerprint density at radius 1 is 1.48 bits per heavy atom. The Labute approximate surface area is 129 Å². The number of pyridine rings is 1. The number of benzene rings is 1. The van der Waals surface area contributed by atoms with Crippen LogP contribution in [0.1, 0.15) is 16.8 Å². The van der Waals surface area contributed by atoms with Gasteiger partial charge >= 0.3 is 0 Å². The minimum absolute atomic E-state index is 0.0530. The second-order valence-corrected chi connectivity index (χ2v) is 5.32. The number of nitrogens with zero attached hydrogens (tertiary/aromatic N) is 2. The van der Waals surface area contributed by atoms with Crippen molar-refractivity contribution in [3.05, 3.63) is 57.6 Å². The van der Waals surface area contributed by atoms with Crippen LogP contribution in [0.5, 0.6) is 0 Å². The van der Waals surface area contributed by atoms with E-state index < -0.39 is 0 Å². The average molecular weight is 353 g/mol. The fourth-order valence-electron chi connectivity index (χ4n) is 1.81. The number of nitrogens with one attached hydrogen (secondary N) is 1. The van der Waals surface area contributed by atoms with Gasteiger partial charge < -0.3 is 16.3 Å². The lowest BCUT2D eigenvalue weighted by Crippen LogP contribution is -2.15. The molecule has 1 heterocycles. The molecule has 0 aliphatic heterocycles. The lowest BCUT2D eigenvalue weighted by atomic mass is 10.1. The van der Waals surface area contributed by atoms with Crippen molar-refractivity contribution < 1.29 is 9.60 Å². The minimum atomic E-state index is -0.324. The van der Waals surface area contributed by atoms with Gasteiger partial charge in [0.1, 0.15) is 11.5 Å². The van der Waals surface area contributed by atoms with Gasteiger partial charge in [0.2, 0.25) is 0 Å². The monoisotopic (exact) mass is 352 g/mol. The van der Waals surface area contributed by atoms with Crippen LogP contribution in [0.2, 0.25) is 0 Å². The van der Waals surface area contributed by atoms with Crippen molar-refractivity contribution in [1.29, 1.82) is 0 Å². The lowest BCUT2D eigenvalue weighted by molar-refractivity contribution is 0.318. The molecule has 0 amide bonds. The summed E-state index contributed by atoms with van der Waals surface area (Å²) >= 11 is 3.15. The highest BCUT2D eigenvalue weighted by Gasteiger charge is 2.06. The Morgan fingerprint density at radius 2 is 2.24 bits per heavy atom. The first-order valence-electron chi connectivity index (χ1n) is 6.13.